The number of carbonyl (C=O) groups is 1. The molecule has 0 bridgehead atoms. The van der Waals surface area contributed by atoms with E-state index in [-0.39, 0.29) is 0 Å². The third-order valence-corrected chi connectivity index (χ3v) is 2.22. The quantitative estimate of drug-likeness (QED) is 0.747. The molecule has 1 atom stereocenters. The van der Waals surface area contributed by atoms with Crippen molar-refractivity contribution < 1.29 is 9.90 Å². The van der Waals surface area contributed by atoms with Gasteiger partial charge in [0, 0.05) is 5.38 Å². The average Bonchev–Trinajstić information content (AvgIpc) is 2.35. The van der Waals surface area contributed by atoms with Gasteiger partial charge >= 0.3 is 5.97 Å². The van der Waals surface area contributed by atoms with Crippen molar-refractivity contribution in [2.75, 3.05) is 5.32 Å². The van der Waals surface area contributed by atoms with Crippen LogP contribution in [0.15, 0.2) is 5.38 Å². The molecule has 0 saturated heterocycles. The zero-order valence-electron chi connectivity index (χ0n) is 6.87. The summed E-state index contributed by atoms with van der Waals surface area (Å²) in [5.74, 6) is -0.872. The van der Waals surface area contributed by atoms with Crippen LogP contribution in [0.3, 0.4) is 0 Å². The SMILES string of the molecule is Cc1csc(N[C@@H](C)C(=O)O)n1. The normalized spacial score (nSPS) is 12.5. The summed E-state index contributed by atoms with van der Waals surface area (Å²) in [5, 5.41) is 13.9. The predicted molar refractivity (Wildman–Crippen MR) is 47.6 cm³/mol. The Labute approximate surface area is 74.3 Å². The number of thiazole rings is 1. The second kappa shape index (κ2) is 3.53. The number of hydrogen-bond donors (Lipinski definition) is 2. The van der Waals surface area contributed by atoms with Crippen LogP contribution in [0.1, 0.15) is 12.6 Å². The minimum absolute atomic E-state index is 0.587. The second-order valence-corrected chi connectivity index (χ2v) is 3.36. The molecule has 0 amide bonds. The number of anilines is 1. The Hall–Kier alpha value is -1.10. The number of rotatable bonds is 3. The van der Waals surface area contributed by atoms with E-state index >= 15 is 0 Å². The zero-order valence-corrected chi connectivity index (χ0v) is 7.68. The van der Waals surface area contributed by atoms with Gasteiger partial charge in [0.1, 0.15) is 6.04 Å². The van der Waals surface area contributed by atoms with E-state index in [0.717, 1.165) is 5.69 Å². The van der Waals surface area contributed by atoms with E-state index in [1.807, 2.05) is 12.3 Å². The van der Waals surface area contributed by atoms with E-state index in [1.54, 1.807) is 6.92 Å². The molecule has 66 valence electrons. The lowest BCUT2D eigenvalue weighted by atomic mass is 10.4. The minimum Gasteiger partial charge on any atom is -0.480 e. The Morgan fingerprint density at radius 3 is 2.92 bits per heavy atom. The van der Waals surface area contributed by atoms with Gasteiger partial charge in [0.15, 0.2) is 5.13 Å². The van der Waals surface area contributed by atoms with Crippen molar-refractivity contribution in [1.29, 1.82) is 0 Å². The first-order valence-electron chi connectivity index (χ1n) is 3.51. The van der Waals surface area contributed by atoms with E-state index in [2.05, 4.69) is 10.3 Å². The molecule has 0 fully saturated rings. The molecule has 2 N–H and O–H groups in total. The number of aromatic nitrogens is 1. The highest BCUT2D eigenvalue weighted by atomic mass is 32.1. The second-order valence-electron chi connectivity index (χ2n) is 2.50. The largest absolute Gasteiger partial charge is 0.480 e. The first-order valence-corrected chi connectivity index (χ1v) is 4.39. The first kappa shape index (κ1) is 8.99. The van der Waals surface area contributed by atoms with Gasteiger partial charge in [0.2, 0.25) is 0 Å². The van der Waals surface area contributed by atoms with E-state index in [0.29, 0.717) is 5.13 Å². The van der Waals surface area contributed by atoms with Crippen molar-refractivity contribution in [1.82, 2.24) is 4.98 Å². The molecule has 1 aromatic heterocycles. The summed E-state index contributed by atoms with van der Waals surface area (Å²) >= 11 is 1.41. The van der Waals surface area contributed by atoms with Gasteiger partial charge in [-0.1, -0.05) is 0 Å². The number of nitrogens with zero attached hydrogens (tertiary/aromatic N) is 1. The molecular formula is C7H10N2O2S. The molecule has 0 unspecified atom stereocenters. The average molecular weight is 186 g/mol. The highest BCUT2D eigenvalue weighted by Gasteiger charge is 2.11. The molecule has 0 aromatic carbocycles. The molecule has 0 saturated carbocycles. The molecular weight excluding hydrogens is 176 g/mol. The maximum absolute atomic E-state index is 10.4. The van der Waals surface area contributed by atoms with Gasteiger partial charge in [-0.2, -0.15) is 0 Å². The first-order chi connectivity index (χ1) is 5.59. The van der Waals surface area contributed by atoms with Crippen LogP contribution < -0.4 is 5.32 Å². The van der Waals surface area contributed by atoms with Crippen LogP contribution in [0, 0.1) is 6.92 Å². The lowest BCUT2D eigenvalue weighted by Gasteiger charge is -2.05. The molecule has 0 aliphatic carbocycles. The standard InChI is InChI=1S/C7H10N2O2S/c1-4-3-12-7(8-4)9-5(2)6(10)11/h3,5H,1-2H3,(H,8,9)(H,10,11)/t5-/m0/s1. The van der Waals surface area contributed by atoms with Crippen molar-refractivity contribution in [2.45, 2.75) is 19.9 Å². The molecule has 4 nitrogen and oxygen atoms in total. The number of aryl methyl sites for hydroxylation is 1. The van der Waals surface area contributed by atoms with Crippen LogP contribution in [-0.4, -0.2) is 22.1 Å². The smallest absolute Gasteiger partial charge is 0.325 e. The van der Waals surface area contributed by atoms with Crippen LogP contribution in [0.4, 0.5) is 5.13 Å². The number of aliphatic carboxylic acids is 1. The lowest BCUT2D eigenvalue weighted by Crippen LogP contribution is -2.25. The molecule has 1 heterocycles. The third-order valence-electron chi connectivity index (χ3n) is 1.33. The van der Waals surface area contributed by atoms with E-state index < -0.39 is 12.0 Å². The molecule has 0 aliphatic heterocycles. The van der Waals surface area contributed by atoms with Gasteiger partial charge in [-0.25, -0.2) is 4.98 Å². The Balaban J connectivity index is 2.58. The van der Waals surface area contributed by atoms with E-state index in [9.17, 15) is 4.79 Å². The summed E-state index contributed by atoms with van der Waals surface area (Å²) < 4.78 is 0. The van der Waals surface area contributed by atoms with Gasteiger partial charge in [0.25, 0.3) is 0 Å². The molecule has 5 heteroatoms. The molecule has 1 aromatic rings. The Morgan fingerprint density at radius 1 is 1.83 bits per heavy atom. The molecule has 0 spiro atoms. The lowest BCUT2D eigenvalue weighted by molar-refractivity contribution is -0.137. The molecule has 0 radical (unpaired) electrons. The summed E-state index contributed by atoms with van der Waals surface area (Å²) in [6, 6.07) is -0.587. The number of carboxylic acids is 1. The van der Waals surface area contributed by atoms with E-state index in [1.165, 1.54) is 11.3 Å². The molecule has 0 aliphatic rings. The van der Waals surface area contributed by atoms with Crippen molar-refractivity contribution in [2.24, 2.45) is 0 Å². The fraction of sp³-hybridized carbons (Fsp3) is 0.429. The van der Waals surface area contributed by atoms with Crippen LogP contribution in [0.25, 0.3) is 0 Å². The summed E-state index contributed by atoms with van der Waals surface area (Å²) in [4.78, 5) is 14.5. The summed E-state index contributed by atoms with van der Waals surface area (Å²) in [6.45, 7) is 3.45. The highest BCUT2D eigenvalue weighted by Crippen LogP contribution is 2.15. The molecule has 1 rings (SSSR count). The van der Waals surface area contributed by atoms with Gasteiger partial charge in [0.05, 0.1) is 5.69 Å². The number of carboxylic acid groups (broad SMARTS) is 1. The highest BCUT2D eigenvalue weighted by molar-refractivity contribution is 7.13. The minimum atomic E-state index is -0.872. The molecule has 12 heavy (non-hydrogen) atoms. The Kier molecular flexibility index (Phi) is 2.65. The fourth-order valence-corrected chi connectivity index (χ4v) is 1.44. The Bertz CT molecular complexity index is 285. The number of hydrogen-bond acceptors (Lipinski definition) is 4. The topological polar surface area (TPSA) is 62.2 Å². The van der Waals surface area contributed by atoms with Gasteiger partial charge in [-0.15, -0.1) is 11.3 Å². The van der Waals surface area contributed by atoms with Gasteiger partial charge < -0.3 is 10.4 Å². The third kappa shape index (κ3) is 2.20. The van der Waals surface area contributed by atoms with E-state index in [4.69, 9.17) is 5.11 Å². The van der Waals surface area contributed by atoms with Crippen LogP contribution in [0.5, 0.6) is 0 Å². The predicted octanol–water partition coefficient (Wildman–Crippen LogP) is 1.34. The van der Waals surface area contributed by atoms with Crippen molar-refractivity contribution >= 4 is 22.4 Å². The van der Waals surface area contributed by atoms with Crippen molar-refractivity contribution in [3.63, 3.8) is 0 Å². The van der Waals surface area contributed by atoms with Crippen LogP contribution in [-0.2, 0) is 4.79 Å². The van der Waals surface area contributed by atoms with Crippen LogP contribution >= 0.6 is 11.3 Å². The maximum atomic E-state index is 10.4. The summed E-state index contributed by atoms with van der Waals surface area (Å²) in [6.07, 6.45) is 0. The summed E-state index contributed by atoms with van der Waals surface area (Å²) in [7, 11) is 0. The van der Waals surface area contributed by atoms with Crippen LogP contribution in [0.2, 0.25) is 0 Å². The number of nitrogens with one attached hydrogen (secondary N) is 1. The Morgan fingerprint density at radius 2 is 2.50 bits per heavy atom. The van der Waals surface area contributed by atoms with Gasteiger partial charge in [-0.05, 0) is 13.8 Å². The van der Waals surface area contributed by atoms with Gasteiger partial charge in [-0.3, -0.25) is 4.79 Å². The maximum Gasteiger partial charge on any atom is 0.325 e. The van der Waals surface area contributed by atoms with Crippen molar-refractivity contribution in [3.05, 3.63) is 11.1 Å². The zero-order chi connectivity index (χ0) is 9.14. The van der Waals surface area contributed by atoms with Crippen molar-refractivity contribution in [3.8, 4) is 0 Å². The monoisotopic (exact) mass is 186 g/mol. The fourth-order valence-electron chi connectivity index (χ4n) is 0.667. The summed E-state index contributed by atoms with van der Waals surface area (Å²) in [5.41, 5.74) is 0.903.